The summed E-state index contributed by atoms with van der Waals surface area (Å²) in [5.74, 6) is -0.452. The molecule has 0 heterocycles. The van der Waals surface area contributed by atoms with Gasteiger partial charge in [-0.15, -0.1) is 0 Å². The van der Waals surface area contributed by atoms with Gasteiger partial charge in [0.05, 0.1) is 6.04 Å². The molecule has 0 saturated carbocycles. The number of carbonyl (C=O) groups excluding carboxylic acids is 3. The molecule has 0 spiro atoms. The summed E-state index contributed by atoms with van der Waals surface area (Å²) in [6, 6.07) is -1.78. The minimum atomic E-state index is -0.678. The number of rotatable bonds is 11. The summed E-state index contributed by atoms with van der Waals surface area (Å²) >= 11 is 4.27. The van der Waals surface area contributed by atoms with Crippen LogP contribution in [0, 0.1) is 5.92 Å². The number of nitrogens with two attached hydrogens (primary N) is 1. The third kappa shape index (κ3) is 10.9. The van der Waals surface area contributed by atoms with Crippen molar-refractivity contribution in [2.75, 3.05) is 6.54 Å². The molecule has 8 nitrogen and oxygen atoms in total. The van der Waals surface area contributed by atoms with Gasteiger partial charge >= 0.3 is 6.03 Å². The monoisotopic (exact) mass is 375 g/mol. The van der Waals surface area contributed by atoms with Crippen LogP contribution >= 0.6 is 12.6 Å². The Balaban J connectivity index is 4.90. The molecule has 0 aliphatic heterocycles. The zero-order valence-corrected chi connectivity index (χ0v) is 16.7. The molecule has 0 aromatic rings. The number of urea groups is 1. The molecule has 0 fully saturated rings. The predicted molar refractivity (Wildman–Crippen MR) is 102 cm³/mol. The molecule has 0 saturated heterocycles. The molecule has 0 aliphatic rings. The highest BCUT2D eigenvalue weighted by atomic mass is 32.1. The summed E-state index contributed by atoms with van der Waals surface area (Å²) in [4.78, 5) is 35.7. The normalized spacial score (nSPS) is 14.7. The third-order valence-electron chi connectivity index (χ3n) is 3.40. The standard InChI is InChI=1S/C16H33N5O3S/c1-9(2)13(20-11(5)25)15(23)21-12(14(22)19-10(3)4)7-6-8-18-16(17)24/h9-13,20,25H,6-8H2,1-5H3,(H,19,22)(H,21,23)(H3,17,18,24). The molecule has 25 heavy (non-hydrogen) atoms. The first-order valence-electron chi connectivity index (χ1n) is 8.62. The fourth-order valence-corrected chi connectivity index (χ4v) is 2.42. The van der Waals surface area contributed by atoms with E-state index in [1.807, 2.05) is 34.6 Å². The van der Waals surface area contributed by atoms with Gasteiger partial charge < -0.3 is 21.7 Å². The summed E-state index contributed by atoms with van der Waals surface area (Å²) in [7, 11) is 0. The Hall–Kier alpha value is -1.48. The van der Waals surface area contributed by atoms with E-state index in [0.717, 1.165) is 0 Å². The lowest BCUT2D eigenvalue weighted by atomic mass is 10.0. The molecular formula is C16H33N5O3S. The lowest BCUT2D eigenvalue weighted by Gasteiger charge is -2.27. The van der Waals surface area contributed by atoms with E-state index in [2.05, 4.69) is 33.9 Å². The molecule has 146 valence electrons. The molecule has 3 unspecified atom stereocenters. The van der Waals surface area contributed by atoms with Crippen LogP contribution in [-0.4, -0.2) is 47.9 Å². The molecule has 0 aromatic carbocycles. The van der Waals surface area contributed by atoms with Crippen LogP contribution in [0.2, 0.25) is 0 Å². The Morgan fingerprint density at radius 2 is 1.60 bits per heavy atom. The fraction of sp³-hybridized carbons (Fsp3) is 0.812. The molecule has 9 heteroatoms. The van der Waals surface area contributed by atoms with Gasteiger partial charge in [0.1, 0.15) is 6.04 Å². The molecule has 0 radical (unpaired) electrons. The van der Waals surface area contributed by atoms with Crippen molar-refractivity contribution in [1.82, 2.24) is 21.3 Å². The van der Waals surface area contributed by atoms with Crippen LogP contribution in [-0.2, 0) is 9.59 Å². The second-order valence-electron chi connectivity index (χ2n) is 6.72. The minimum absolute atomic E-state index is 0.0351. The van der Waals surface area contributed by atoms with Crippen molar-refractivity contribution in [3.63, 3.8) is 0 Å². The molecule has 0 aliphatic carbocycles. The van der Waals surface area contributed by atoms with Gasteiger partial charge in [-0.05, 0) is 39.5 Å². The number of hydrogen-bond donors (Lipinski definition) is 6. The van der Waals surface area contributed by atoms with Crippen LogP contribution in [0.4, 0.5) is 4.79 Å². The lowest BCUT2D eigenvalue weighted by Crippen LogP contribution is -2.55. The van der Waals surface area contributed by atoms with Crippen LogP contribution in [0.3, 0.4) is 0 Å². The van der Waals surface area contributed by atoms with Crippen LogP contribution in [0.1, 0.15) is 47.5 Å². The first kappa shape index (κ1) is 23.5. The summed E-state index contributed by atoms with van der Waals surface area (Å²) in [5.41, 5.74) is 5.02. The quantitative estimate of drug-likeness (QED) is 0.177. The maximum absolute atomic E-state index is 12.6. The van der Waals surface area contributed by atoms with E-state index in [-0.39, 0.29) is 29.1 Å². The Kier molecular flexibility index (Phi) is 11.3. The predicted octanol–water partition coefficient (Wildman–Crippen LogP) is 0.334. The van der Waals surface area contributed by atoms with Crippen LogP contribution in [0.25, 0.3) is 0 Å². The number of hydrogen-bond acceptors (Lipinski definition) is 5. The lowest BCUT2D eigenvalue weighted by molar-refractivity contribution is -0.131. The van der Waals surface area contributed by atoms with Gasteiger partial charge in [0, 0.05) is 18.0 Å². The van der Waals surface area contributed by atoms with Crippen molar-refractivity contribution < 1.29 is 14.4 Å². The number of nitrogens with one attached hydrogen (secondary N) is 4. The zero-order valence-electron chi connectivity index (χ0n) is 15.8. The average Bonchev–Trinajstić information content (AvgIpc) is 2.46. The van der Waals surface area contributed by atoms with Crippen molar-refractivity contribution in [2.24, 2.45) is 11.7 Å². The van der Waals surface area contributed by atoms with Gasteiger partial charge in [0.25, 0.3) is 0 Å². The van der Waals surface area contributed by atoms with E-state index in [4.69, 9.17) is 5.73 Å². The Morgan fingerprint density at radius 3 is 2.04 bits per heavy atom. The van der Waals surface area contributed by atoms with Crippen molar-refractivity contribution in [3.8, 4) is 0 Å². The van der Waals surface area contributed by atoms with E-state index < -0.39 is 18.1 Å². The van der Waals surface area contributed by atoms with Gasteiger partial charge in [-0.25, -0.2) is 4.79 Å². The van der Waals surface area contributed by atoms with Gasteiger partial charge in [-0.1, -0.05) is 13.8 Å². The molecular weight excluding hydrogens is 342 g/mol. The zero-order chi connectivity index (χ0) is 19.6. The molecule has 4 amide bonds. The van der Waals surface area contributed by atoms with Crippen LogP contribution in [0.15, 0.2) is 0 Å². The number of amides is 4. The molecule has 0 rings (SSSR count). The number of primary amides is 1. The van der Waals surface area contributed by atoms with Gasteiger partial charge in [0.2, 0.25) is 11.8 Å². The van der Waals surface area contributed by atoms with E-state index in [1.165, 1.54) is 0 Å². The van der Waals surface area contributed by atoms with Gasteiger partial charge in [-0.2, -0.15) is 12.6 Å². The molecule has 0 bridgehead atoms. The Bertz CT molecular complexity index is 443. The largest absolute Gasteiger partial charge is 0.352 e. The maximum atomic E-state index is 12.6. The fourth-order valence-electron chi connectivity index (χ4n) is 2.26. The maximum Gasteiger partial charge on any atom is 0.312 e. The molecule has 3 atom stereocenters. The Morgan fingerprint density at radius 1 is 1.00 bits per heavy atom. The molecule has 6 N–H and O–H groups in total. The Labute approximate surface area is 155 Å². The summed E-state index contributed by atoms with van der Waals surface area (Å²) < 4.78 is 0. The topological polar surface area (TPSA) is 125 Å². The smallest absolute Gasteiger partial charge is 0.312 e. The van der Waals surface area contributed by atoms with Crippen LogP contribution < -0.4 is 27.0 Å². The first-order chi connectivity index (χ1) is 11.5. The number of thiol groups is 1. The number of carbonyl (C=O) groups is 3. The average molecular weight is 376 g/mol. The van der Waals surface area contributed by atoms with E-state index in [1.54, 1.807) is 0 Å². The molecule has 0 aromatic heterocycles. The van der Waals surface area contributed by atoms with E-state index in [0.29, 0.717) is 19.4 Å². The van der Waals surface area contributed by atoms with Crippen molar-refractivity contribution in [2.45, 2.75) is 71.0 Å². The highest BCUT2D eigenvalue weighted by Gasteiger charge is 2.28. The summed E-state index contributed by atoms with van der Waals surface area (Å²) in [6.45, 7) is 9.74. The van der Waals surface area contributed by atoms with Gasteiger partial charge in [0.15, 0.2) is 0 Å². The van der Waals surface area contributed by atoms with Crippen LogP contribution in [0.5, 0.6) is 0 Å². The second kappa shape index (κ2) is 12.0. The second-order valence-corrected chi connectivity index (χ2v) is 7.50. The van der Waals surface area contributed by atoms with Crippen molar-refractivity contribution in [3.05, 3.63) is 0 Å². The summed E-state index contributed by atoms with van der Waals surface area (Å²) in [5, 5.41) is 11.0. The van der Waals surface area contributed by atoms with E-state index >= 15 is 0 Å². The highest BCUT2D eigenvalue weighted by Crippen LogP contribution is 2.07. The van der Waals surface area contributed by atoms with Crippen molar-refractivity contribution in [1.29, 1.82) is 0 Å². The minimum Gasteiger partial charge on any atom is -0.352 e. The van der Waals surface area contributed by atoms with E-state index in [9.17, 15) is 14.4 Å². The highest BCUT2D eigenvalue weighted by molar-refractivity contribution is 7.80. The SMILES string of the molecule is CC(C)NC(=O)C(CCCNC(N)=O)NC(=O)C(NC(C)S)C(C)C. The third-order valence-corrected chi connectivity index (χ3v) is 3.55. The summed E-state index contributed by atoms with van der Waals surface area (Å²) in [6.07, 6.45) is 0.911. The first-order valence-corrected chi connectivity index (χ1v) is 9.14. The van der Waals surface area contributed by atoms with Gasteiger partial charge in [-0.3, -0.25) is 14.9 Å². The van der Waals surface area contributed by atoms with Crippen molar-refractivity contribution >= 4 is 30.5 Å².